The van der Waals surface area contributed by atoms with Crippen LogP contribution in [0.5, 0.6) is 0 Å². The third-order valence-electron chi connectivity index (χ3n) is 4.23. The molecule has 5 atom stereocenters. The fraction of sp³-hybridized carbons (Fsp3) is 1.00. The number of ether oxygens (including phenoxy) is 4. The van der Waals surface area contributed by atoms with Gasteiger partial charge in [-0.15, -0.1) is 0 Å². The van der Waals surface area contributed by atoms with Crippen LogP contribution < -0.4 is 0 Å². The van der Waals surface area contributed by atoms with Crippen LogP contribution in [0, 0.1) is 0 Å². The van der Waals surface area contributed by atoms with E-state index in [4.69, 9.17) is 18.9 Å². The molecule has 3 aliphatic heterocycles. The molecule has 0 amide bonds. The van der Waals surface area contributed by atoms with Gasteiger partial charge in [-0.1, -0.05) is 0 Å². The molecule has 110 valence electrons. The van der Waals surface area contributed by atoms with Gasteiger partial charge in [0.2, 0.25) is 0 Å². The molecule has 6 heteroatoms. The first-order valence-electron chi connectivity index (χ1n) is 6.90. The fourth-order valence-corrected chi connectivity index (χ4v) is 3.55. The first-order valence-corrected chi connectivity index (χ1v) is 6.90. The lowest BCUT2D eigenvalue weighted by atomic mass is 9.93. The Hall–Kier alpha value is -0.240. The van der Waals surface area contributed by atoms with Crippen LogP contribution in [-0.4, -0.2) is 73.2 Å². The molecule has 0 aromatic rings. The molecule has 0 bridgehead atoms. The summed E-state index contributed by atoms with van der Waals surface area (Å²) in [7, 11) is 1.61. The zero-order valence-corrected chi connectivity index (χ0v) is 11.7. The van der Waals surface area contributed by atoms with E-state index in [-0.39, 0.29) is 31.1 Å². The van der Waals surface area contributed by atoms with Crippen LogP contribution in [0.1, 0.15) is 20.3 Å². The third kappa shape index (κ3) is 2.41. The van der Waals surface area contributed by atoms with E-state index < -0.39 is 11.9 Å². The maximum Gasteiger partial charge on any atom is 0.163 e. The van der Waals surface area contributed by atoms with Gasteiger partial charge in [-0.05, 0) is 20.3 Å². The Morgan fingerprint density at radius 1 is 1.37 bits per heavy atom. The maximum absolute atomic E-state index is 10.6. The molecule has 1 N–H and O–H groups in total. The number of aliphatic hydroxyl groups excluding tert-OH is 1. The molecule has 0 unspecified atom stereocenters. The highest BCUT2D eigenvalue weighted by molar-refractivity contribution is 5.05. The predicted molar refractivity (Wildman–Crippen MR) is 66.6 cm³/mol. The van der Waals surface area contributed by atoms with Gasteiger partial charge in [0.1, 0.15) is 25.1 Å². The average molecular weight is 273 g/mol. The zero-order chi connectivity index (χ0) is 13.6. The van der Waals surface area contributed by atoms with Gasteiger partial charge in [-0.25, -0.2) is 0 Å². The molecule has 0 spiro atoms. The highest BCUT2D eigenvalue weighted by atomic mass is 16.8. The van der Waals surface area contributed by atoms with Crippen molar-refractivity contribution in [3.63, 3.8) is 0 Å². The second-order valence-electron chi connectivity index (χ2n) is 6.02. The van der Waals surface area contributed by atoms with E-state index in [1.165, 1.54) is 0 Å². The molecule has 3 rings (SSSR count). The largest absolute Gasteiger partial charge is 0.389 e. The molecule has 19 heavy (non-hydrogen) atoms. The van der Waals surface area contributed by atoms with E-state index >= 15 is 0 Å². The minimum absolute atomic E-state index is 0.00297. The molecule has 0 aromatic carbocycles. The summed E-state index contributed by atoms with van der Waals surface area (Å²) in [6.07, 6.45) is 0.0204. The van der Waals surface area contributed by atoms with Crippen LogP contribution >= 0.6 is 0 Å². The van der Waals surface area contributed by atoms with Crippen LogP contribution in [0.4, 0.5) is 0 Å². The third-order valence-corrected chi connectivity index (χ3v) is 4.23. The molecule has 3 fully saturated rings. The lowest BCUT2D eigenvalue weighted by Gasteiger charge is -2.41. The number of nitrogens with zero attached hydrogens (tertiary/aromatic N) is 1. The number of hydrogen-bond donors (Lipinski definition) is 1. The number of methoxy groups -OCH3 is 1. The van der Waals surface area contributed by atoms with E-state index in [0.717, 1.165) is 19.5 Å². The minimum atomic E-state index is -0.612. The Balaban J connectivity index is 1.72. The van der Waals surface area contributed by atoms with Crippen molar-refractivity contribution in [3.8, 4) is 0 Å². The molecule has 3 saturated heterocycles. The lowest BCUT2D eigenvalue weighted by Crippen LogP contribution is -2.60. The molecule has 3 aliphatic rings. The number of hydrogen-bond acceptors (Lipinski definition) is 6. The highest BCUT2D eigenvalue weighted by Gasteiger charge is 2.55. The van der Waals surface area contributed by atoms with Gasteiger partial charge in [0.25, 0.3) is 0 Å². The van der Waals surface area contributed by atoms with Crippen LogP contribution in [0.15, 0.2) is 0 Å². The molecular formula is C13H23NO5. The van der Waals surface area contributed by atoms with E-state index in [1.807, 2.05) is 13.8 Å². The van der Waals surface area contributed by atoms with Crippen molar-refractivity contribution < 1.29 is 24.1 Å². The first-order chi connectivity index (χ1) is 9.02. The SMILES string of the molecule is COCO[C@H]1CCN2C[C@@H]3OC(C)(C)O[C@H]3[C@@H](O)[C@@H]12. The fourth-order valence-electron chi connectivity index (χ4n) is 3.55. The number of rotatable bonds is 3. The van der Waals surface area contributed by atoms with Gasteiger partial charge >= 0.3 is 0 Å². The summed E-state index contributed by atoms with van der Waals surface area (Å²) in [5.41, 5.74) is 0. The van der Waals surface area contributed by atoms with Gasteiger partial charge in [0.15, 0.2) is 5.79 Å². The van der Waals surface area contributed by atoms with E-state index in [2.05, 4.69) is 4.90 Å². The number of fused-ring (bicyclic) bond motifs is 2. The van der Waals surface area contributed by atoms with Gasteiger partial charge in [-0.2, -0.15) is 0 Å². The van der Waals surface area contributed by atoms with Crippen molar-refractivity contribution in [2.45, 2.75) is 56.5 Å². The molecule has 0 aromatic heterocycles. The van der Waals surface area contributed by atoms with Crippen molar-refractivity contribution in [1.82, 2.24) is 4.90 Å². The quantitative estimate of drug-likeness (QED) is 0.727. The van der Waals surface area contributed by atoms with Gasteiger partial charge in [0, 0.05) is 20.2 Å². The maximum atomic E-state index is 10.6. The summed E-state index contributed by atoms with van der Waals surface area (Å²) in [5, 5.41) is 10.6. The Morgan fingerprint density at radius 2 is 2.16 bits per heavy atom. The number of piperidine rings is 1. The highest BCUT2D eigenvalue weighted by Crippen LogP contribution is 2.39. The standard InChI is InChI=1S/C13H23NO5/c1-13(2)18-9-6-14-5-4-8(17-7-16-3)10(14)11(15)12(9)19-13/h8-12,15H,4-7H2,1-3H3/t8-,9-,10+,11-,12+/m0/s1. The minimum Gasteiger partial charge on any atom is -0.389 e. The van der Waals surface area contributed by atoms with Crippen LogP contribution in [0.3, 0.4) is 0 Å². The van der Waals surface area contributed by atoms with Crippen molar-refractivity contribution in [3.05, 3.63) is 0 Å². The second-order valence-corrected chi connectivity index (χ2v) is 6.02. The van der Waals surface area contributed by atoms with Gasteiger partial charge in [-0.3, -0.25) is 4.90 Å². The number of aliphatic hydroxyl groups is 1. The molecule has 0 saturated carbocycles. The molecule has 0 aliphatic carbocycles. The van der Waals surface area contributed by atoms with Gasteiger partial charge < -0.3 is 24.1 Å². The van der Waals surface area contributed by atoms with Crippen molar-refractivity contribution in [1.29, 1.82) is 0 Å². The monoisotopic (exact) mass is 273 g/mol. The van der Waals surface area contributed by atoms with E-state index in [9.17, 15) is 5.11 Å². The summed E-state index contributed by atoms with van der Waals surface area (Å²) in [5.74, 6) is -0.612. The van der Waals surface area contributed by atoms with Crippen molar-refractivity contribution in [2.24, 2.45) is 0 Å². The Bertz CT molecular complexity index is 337. The van der Waals surface area contributed by atoms with Crippen LogP contribution in [-0.2, 0) is 18.9 Å². The molecule has 6 nitrogen and oxygen atoms in total. The molecule has 0 radical (unpaired) electrons. The second kappa shape index (κ2) is 4.95. The summed E-state index contributed by atoms with van der Waals surface area (Å²) in [4.78, 5) is 2.25. The Morgan fingerprint density at radius 3 is 2.89 bits per heavy atom. The zero-order valence-electron chi connectivity index (χ0n) is 11.7. The predicted octanol–water partition coefficient (Wildman–Crippen LogP) is -0.0556. The Labute approximate surface area is 113 Å². The lowest BCUT2D eigenvalue weighted by molar-refractivity contribution is -0.161. The smallest absolute Gasteiger partial charge is 0.163 e. The topological polar surface area (TPSA) is 60.4 Å². The van der Waals surface area contributed by atoms with Crippen molar-refractivity contribution in [2.75, 3.05) is 27.0 Å². The summed E-state index contributed by atoms with van der Waals surface area (Å²) in [6.45, 7) is 5.76. The molecule has 3 heterocycles. The molecular weight excluding hydrogens is 250 g/mol. The van der Waals surface area contributed by atoms with Gasteiger partial charge in [0.05, 0.1) is 12.1 Å². The first kappa shape index (κ1) is 13.7. The summed E-state index contributed by atoms with van der Waals surface area (Å²) in [6, 6.07) is -0.0195. The summed E-state index contributed by atoms with van der Waals surface area (Å²) >= 11 is 0. The summed E-state index contributed by atoms with van der Waals surface area (Å²) < 4.78 is 22.3. The van der Waals surface area contributed by atoms with E-state index in [1.54, 1.807) is 7.11 Å². The average Bonchev–Trinajstić information content (AvgIpc) is 2.87. The van der Waals surface area contributed by atoms with Crippen LogP contribution in [0.2, 0.25) is 0 Å². The van der Waals surface area contributed by atoms with Crippen molar-refractivity contribution >= 4 is 0 Å². The van der Waals surface area contributed by atoms with E-state index in [0.29, 0.717) is 0 Å². The van der Waals surface area contributed by atoms with Crippen LogP contribution in [0.25, 0.3) is 0 Å². The Kier molecular flexibility index (Phi) is 3.57. The normalized spacial score (nSPS) is 45.2.